The number of amides is 1. The van der Waals surface area contributed by atoms with Crippen molar-refractivity contribution in [3.63, 3.8) is 0 Å². The predicted octanol–water partition coefficient (Wildman–Crippen LogP) is 3.35. The van der Waals surface area contributed by atoms with Crippen LogP contribution in [-0.2, 0) is 17.8 Å². The van der Waals surface area contributed by atoms with Crippen molar-refractivity contribution in [3.8, 4) is 12.1 Å². The number of allylic oxidation sites excluding steroid dienone is 1. The van der Waals surface area contributed by atoms with Gasteiger partial charge in [0.1, 0.15) is 17.7 Å². The first-order chi connectivity index (χ1) is 16.8. The molecular weight excluding hydrogens is 438 g/mol. The molecule has 0 radical (unpaired) electrons. The summed E-state index contributed by atoms with van der Waals surface area (Å²) in [5.41, 5.74) is 4.65. The SMILES string of the molecule is Cc1cc(C)cc(CC(C(C(=O)N(c2cccc(CO)c2)C(C)C)=C(C#N)C#N)N2CCNC2)c1. The van der Waals surface area contributed by atoms with Crippen LogP contribution < -0.4 is 10.2 Å². The van der Waals surface area contributed by atoms with Crippen LogP contribution in [0, 0.1) is 36.5 Å². The third-order valence-electron chi connectivity index (χ3n) is 6.21. The minimum absolute atomic E-state index is 0.146. The molecule has 1 saturated heterocycles. The minimum Gasteiger partial charge on any atom is -0.392 e. The maximum Gasteiger partial charge on any atom is 0.258 e. The number of hydrogen-bond acceptors (Lipinski definition) is 6. The summed E-state index contributed by atoms with van der Waals surface area (Å²) in [5.74, 6) is -0.366. The Balaban J connectivity index is 2.15. The second-order valence-electron chi connectivity index (χ2n) is 9.30. The van der Waals surface area contributed by atoms with E-state index < -0.39 is 6.04 Å². The Bertz CT molecular complexity index is 1150. The average molecular weight is 472 g/mol. The number of aliphatic hydroxyl groups is 1. The maximum atomic E-state index is 14.2. The molecule has 2 aromatic carbocycles. The van der Waals surface area contributed by atoms with Gasteiger partial charge in [-0.1, -0.05) is 41.5 Å². The van der Waals surface area contributed by atoms with Crippen molar-refractivity contribution in [1.29, 1.82) is 10.5 Å². The molecule has 1 fully saturated rings. The van der Waals surface area contributed by atoms with Crippen LogP contribution in [0.5, 0.6) is 0 Å². The van der Waals surface area contributed by atoms with Gasteiger partial charge in [-0.3, -0.25) is 9.69 Å². The highest BCUT2D eigenvalue weighted by Crippen LogP contribution is 2.28. The van der Waals surface area contributed by atoms with Gasteiger partial charge in [-0.05, 0) is 57.4 Å². The van der Waals surface area contributed by atoms with Crippen LogP contribution >= 0.6 is 0 Å². The molecule has 7 heteroatoms. The predicted molar refractivity (Wildman–Crippen MR) is 136 cm³/mol. The summed E-state index contributed by atoms with van der Waals surface area (Å²) in [7, 11) is 0. The normalized spacial score (nSPS) is 14.3. The van der Waals surface area contributed by atoms with E-state index in [1.165, 1.54) is 0 Å². The quantitative estimate of drug-likeness (QED) is 0.452. The molecule has 1 heterocycles. The van der Waals surface area contributed by atoms with Gasteiger partial charge in [0.25, 0.3) is 5.91 Å². The molecule has 1 unspecified atom stereocenters. The van der Waals surface area contributed by atoms with Gasteiger partial charge >= 0.3 is 0 Å². The lowest BCUT2D eigenvalue weighted by Gasteiger charge is -2.34. The molecule has 0 bridgehead atoms. The van der Waals surface area contributed by atoms with E-state index in [4.69, 9.17) is 0 Å². The standard InChI is InChI=1S/C28H33N5O2/c1-19(2)33(25-7-5-6-22(13-25)17-34)28(35)27(24(15-29)16-30)26(32-9-8-31-18-32)14-23-11-20(3)10-21(4)12-23/h5-7,10-13,19,26,31,34H,8-9,14,17-18H2,1-4H3. The molecule has 7 nitrogen and oxygen atoms in total. The van der Waals surface area contributed by atoms with E-state index in [0.717, 1.165) is 23.2 Å². The van der Waals surface area contributed by atoms with Gasteiger partial charge < -0.3 is 15.3 Å². The second kappa shape index (κ2) is 11.8. The summed E-state index contributed by atoms with van der Waals surface area (Å²) in [4.78, 5) is 18.0. The van der Waals surface area contributed by atoms with E-state index >= 15 is 0 Å². The molecule has 0 saturated carbocycles. The van der Waals surface area contributed by atoms with Crippen molar-refractivity contribution in [2.45, 2.75) is 52.8 Å². The molecule has 1 atom stereocenters. The number of aliphatic hydroxyl groups excluding tert-OH is 1. The molecule has 1 amide bonds. The molecule has 3 rings (SSSR count). The molecule has 35 heavy (non-hydrogen) atoms. The largest absolute Gasteiger partial charge is 0.392 e. The fourth-order valence-corrected chi connectivity index (χ4v) is 4.76. The highest BCUT2D eigenvalue weighted by atomic mass is 16.3. The zero-order valence-corrected chi connectivity index (χ0v) is 20.9. The van der Waals surface area contributed by atoms with E-state index in [0.29, 0.717) is 30.9 Å². The number of benzene rings is 2. The Hall–Kier alpha value is -3.49. The van der Waals surface area contributed by atoms with E-state index in [2.05, 4.69) is 28.4 Å². The maximum absolute atomic E-state index is 14.2. The summed E-state index contributed by atoms with van der Waals surface area (Å²) in [5, 5.41) is 32.7. The zero-order chi connectivity index (χ0) is 25.5. The lowest BCUT2D eigenvalue weighted by molar-refractivity contribution is -0.116. The Morgan fingerprint density at radius 3 is 2.34 bits per heavy atom. The van der Waals surface area contributed by atoms with E-state index in [9.17, 15) is 20.4 Å². The molecular formula is C28H33N5O2. The molecule has 2 aromatic rings. The Kier molecular flexibility index (Phi) is 8.78. The third kappa shape index (κ3) is 6.15. The summed E-state index contributed by atoms with van der Waals surface area (Å²) in [6.07, 6.45) is 0.501. The lowest BCUT2D eigenvalue weighted by atomic mass is 9.91. The fourth-order valence-electron chi connectivity index (χ4n) is 4.76. The van der Waals surface area contributed by atoms with E-state index in [1.54, 1.807) is 23.1 Å². The molecule has 182 valence electrons. The van der Waals surface area contributed by atoms with Gasteiger partial charge in [-0.25, -0.2) is 0 Å². The van der Waals surface area contributed by atoms with Gasteiger partial charge in [0, 0.05) is 37.5 Å². The number of aryl methyl sites for hydroxylation is 2. The molecule has 2 N–H and O–H groups in total. The Labute approximate surface area is 207 Å². The van der Waals surface area contributed by atoms with Crippen LogP contribution in [0.4, 0.5) is 5.69 Å². The summed E-state index contributed by atoms with van der Waals surface area (Å²) < 4.78 is 0. The van der Waals surface area contributed by atoms with E-state index in [1.807, 2.05) is 45.9 Å². The number of anilines is 1. The zero-order valence-electron chi connectivity index (χ0n) is 20.9. The number of nitrogens with one attached hydrogen (secondary N) is 1. The van der Waals surface area contributed by atoms with Gasteiger partial charge in [0.15, 0.2) is 0 Å². The molecule has 0 spiro atoms. The third-order valence-corrected chi connectivity index (χ3v) is 6.21. The minimum atomic E-state index is -0.449. The molecule has 0 aliphatic carbocycles. The van der Waals surface area contributed by atoms with Crippen molar-refractivity contribution in [3.05, 3.63) is 75.9 Å². The van der Waals surface area contributed by atoms with Gasteiger partial charge in [0.05, 0.1) is 12.2 Å². The second-order valence-corrected chi connectivity index (χ2v) is 9.30. The number of rotatable bonds is 8. The van der Waals surface area contributed by atoms with Crippen molar-refractivity contribution in [1.82, 2.24) is 10.2 Å². The van der Waals surface area contributed by atoms with E-state index in [-0.39, 0.29) is 29.7 Å². The number of carbonyl (C=O) groups excluding carboxylic acids is 1. The number of carbonyl (C=O) groups is 1. The lowest BCUT2D eigenvalue weighted by Crippen LogP contribution is -2.46. The highest BCUT2D eigenvalue weighted by Gasteiger charge is 2.35. The van der Waals surface area contributed by atoms with Crippen LogP contribution in [0.15, 0.2) is 53.6 Å². The number of nitrogens with zero attached hydrogens (tertiary/aromatic N) is 4. The molecule has 0 aromatic heterocycles. The van der Waals surface area contributed by atoms with Crippen molar-refractivity contribution in [2.24, 2.45) is 0 Å². The highest BCUT2D eigenvalue weighted by molar-refractivity contribution is 6.08. The molecule has 1 aliphatic rings. The van der Waals surface area contributed by atoms with Crippen LogP contribution in [-0.4, -0.2) is 47.8 Å². The monoisotopic (exact) mass is 471 g/mol. The topological polar surface area (TPSA) is 103 Å². The fraction of sp³-hybridized carbons (Fsp3) is 0.393. The first kappa shape index (κ1) is 26.1. The van der Waals surface area contributed by atoms with Crippen molar-refractivity contribution < 1.29 is 9.90 Å². The Morgan fingerprint density at radius 1 is 1.11 bits per heavy atom. The average Bonchev–Trinajstić information content (AvgIpc) is 3.35. The van der Waals surface area contributed by atoms with Crippen LogP contribution in [0.2, 0.25) is 0 Å². The van der Waals surface area contributed by atoms with Gasteiger partial charge in [-0.2, -0.15) is 10.5 Å². The van der Waals surface area contributed by atoms with Crippen LogP contribution in [0.25, 0.3) is 0 Å². The Morgan fingerprint density at radius 2 is 1.80 bits per heavy atom. The first-order valence-electron chi connectivity index (χ1n) is 11.9. The van der Waals surface area contributed by atoms with Gasteiger partial charge in [-0.15, -0.1) is 0 Å². The van der Waals surface area contributed by atoms with Gasteiger partial charge in [0.2, 0.25) is 0 Å². The summed E-state index contributed by atoms with van der Waals surface area (Å²) in [6.45, 7) is 9.77. The first-order valence-corrected chi connectivity index (χ1v) is 11.9. The van der Waals surface area contributed by atoms with Crippen LogP contribution in [0.3, 0.4) is 0 Å². The van der Waals surface area contributed by atoms with Crippen molar-refractivity contribution in [2.75, 3.05) is 24.7 Å². The summed E-state index contributed by atoms with van der Waals surface area (Å²) >= 11 is 0. The molecule has 1 aliphatic heterocycles. The number of hydrogen-bond donors (Lipinski definition) is 2. The van der Waals surface area contributed by atoms with Crippen LogP contribution in [0.1, 0.15) is 36.1 Å². The summed E-state index contributed by atoms with van der Waals surface area (Å²) in [6, 6.07) is 16.8. The number of nitriles is 2. The van der Waals surface area contributed by atoms with Crippen molar-refractivity contribution >= 4 is 11.6 Å². The smallest absolute Gasteiger partial charge is 0.258 e.